The maximum absolute atomic E-state index is 12.5. The van der Waals surface area contributed by atoms with Crippen LogP contribution in [0.25, 0.3) is 6.08 Å². The Kier molecular flexibility index (Phi) is 7.43. The molecule has 1 aliphatic rings. The summed E-state index contributed by atoms with van der Waals surface area (Å²) in [7, 11) is -1.63. The number of fused-ring (bicyclic) bond motifs is 1. The lowest BCUT2D eigenvalue weighted by Gasteiger charge is -2.18. The summed E-state index contributed by atoms with van der Waals surface area (Å²) in [5.74, 6) is -0.160. The van der Waals surface area contributed by atoms with Gasteiger partial charge in [0.2, 0.25) is 10.0 Å². The number of sulfonamides is 1. The average Bonchev–Trinajstić information content (AvgIpc) is 3.01. The van der Waals surface area contributed by atoms with Gasteiger partial charge >= 0.3 is 0 Å². The number of benzodiazepines with no additional fused rings is 1. The highest BCUT2D eigenvalue weighted by atomic mass is 32.2. The van der Waals surface area contributed by atoms with Crippen LogP contribution in [0.3, 0.4) is 0 Å². The molecule has 35 heavy (non-hydrogen) atoms. The van der Waals surface area contributed by atoms with Gasteiger partial charge in [0.15, 0.2) is 0 Å². The number of anilines is 1. The van der Waals surface area contributed by atoms with Crippen molar-refractivity contribution in [1.82, 2.24) is 5.32 Å². The number of nitrogens with one attached hydrogen (secondary N) is 1. The highest BCUT2D eigenvalue weighted by Gasteiger charge is 2.13. The molecule has 1 heterocycles. The number of aliphatic imine (C=N–C) groups is 1. The Hall–Kier alpha value is -3.75. The van der Waals surface area contributed by atoms with Crippen molar-refractivity contribution >= 4 is 33.4 Å². The highest BCUT2D eigenvalue weighted by Crippen LogP contribution is 2.23. The van der Waals surface area contributed by atoms with Crippen LogP contribution in [0, 0.1) is 0 Å². The summed E-state index contributed by atoms with van der Waals surface area (Å²) in [5, 5.41) is 8.01. The fourth-order valence-electron chi connectivity index (χ4n) is 3.88. The molecule has 0 bridgehead atoms. The third kappa shape index (κ3) is 6.23. The molecule has 180 valence electrons. The van der Waals surface area contributed by atoms with Gasteiger partial charge < -0.3 is 10.2 Å². The molecule has 1 aliphatic heterocycles. The number of benzene rings is 3. The molecule has 0 atom stereocenters. The molecular weight excluding hydrogens is 460 g/mol. The third-order valence-electron chi connectivity index (χ3n) is 5.87. The molecule has 0 unspecified atom stereocenters. The number of hydrogen-bond acceptors (Lipinski definition) is 5. The lowest BCUT2D eigenvalue weighted by molar-refractivity contribution is 0.0954. The molecule has 0 aliphatic carbocycles. The quantitative estimate of drug-likeness (QED) is 0.533. The van der Waals surface area contributed by atoms with Crippen LogP contribution >= 0.6 is 0 Å². The van der Waals surface area contributed by atoms with Gasteiger partial charge in [-0.25, -0.2) is 13.6 Å². The van der Waals surface area contributed by atoms with Gasteiger partial charge in [0.05, 0.1) is 17.2 Å². The number of nitrogens with two attached hydrogens (primary N) is 1. The number of rotatable bonds is 7. The van der Waals surface area contributed by atoms with Gasteiger partial charge in [-0.2, -0.15) is 0 Å². The van der Waals surface area contributed by atoms with Gasteiger partial charge in [0.1, 0.15) is 0 Å². The SMILES string of the molecule is CN1CCN=C(C=Cc2ccc(C(=O)NCCc3ccc(S(N)(=O)=O)cc3)cc2)c2ccccc21. The first-order valence-electron chi connectivity index (χ1n) is 11.3. The molecule has 0 aromatic heterocycles. The number of para-hydroxylation sites is 1. The van der Waals surface area contributed by atoms with Crippen LogP contribution in [0.5, 0.6) is 0 Å². The Labute approximate surface area is 206 Å². The fourth-order valence-corrected chi connectivity index (χ4v) is 4.40. The second-order valence-electron chi connectivity index (χ2n) is 8.36. The van der Waals surface area contributed by atoms with E-state index in [0.717, 1.165) is 35.5 Å². The molecule has 3 aromatic rings. The van der Waals surface area contributed by atoms with E-state index in [1.165, 1.54) is 17.8 Å². The number of carbonyl (C=O) groups is 1. The second-order valence-corrected chi connectivity index (χ2v) is 9.92. The highest BCUT2D eigenvalue weighted by molar-refractivity contribution is 7.89. The first kappa shape index (κ1) is 24.4. The van der Waals surface area contributed by atoms with Crippen molar-refractivity contribution in [2.45, 2.75) is 11.3 Å². The standard InChI is InChI=1S/C27H28N4O3S/c1-31-19-18-29-25(24-4-2-3-5-26(24)31)15-10-20-6-11-22(12-7-20)27(32)30-17-16-21-8-13-23(14-9-21)35(28,33)34/h2-15H,16-19H2,1H3,(H,30,32)(H2,28,33,34). The molecule has 0 radical (unpaired) electrons. The maximum atomic E-state index is 12.5. The second kappa shape index (κ2) is 10.7. The summed E-state index contributed by atoms with van der Waals surface area (Å²) >= 11 is 0. The van der Waals surface area contributed by atoms with Crippen LogP contribution in [0.4, 0.5) is 5.69 Å². The summed E-state index contributed by atoms with van der Waals surface area (Å²) in [4.78, 5) is 19.5. The number of likely N-dealkylation sites (N-methyl/N-ethyl adjacent to an activating group) is 1. The van der Waals surface area contributed by atoms with E-state index in [1.807, 2.05) is 36.4 Å². The predicted octanol–water partition coefficient (Wildman–Crippen LogP) is 3.26. The van der Waals surface area contributed by atoms with Gasteiger partial charge in [-0.3, -0.25) is 9.79 Å². The molecule has 3 aromatic carbocycles. The third-order valence-corrected chi connectivity index (χ3v) is 6.80. The summed E-state index contributed by atoms with van der Waals surface area (Å²) in [5.41, 5.74) is 5.69. The summed E-state index contributed by atoms with van der Waals surface area (Å²) in [6.45, 7) is 2.04. The van der Waals surface area contributed by atoms with E-state index in [-0.39, 0.29) is 10.8 Å². The van der Waals surface area contributed by atoms with Crippen LogP contribution in [0.1, 0.15) is 27.0 Å². The smallest absolute Gasteiger partial charge is 0.251 e. The van der Waals surface area contributed by atoms with Crippen LogP contribution in [0.15, 0.2) is 88.8 Å². The van der Waals surface area contributed by atoms with E-state index in [9.17, 15) is 13.2 Å². The average molecular weight is 489 g/mol. The van der Waals surface area contributed by atoms with Crippen molar-refractivity contribution < 1.29 is 13.2 Å². The van der Waals surface area contributed by atoms with Crippen molar-refractivity contribution in [3.8, 4) is 0 Å². The molecule has 0 spiro atoms. The zero-order valence-electron chi connectivity index (χ0n) is 19.5. The van der Waals surface area contributed by atoms with Crippen molar-refractivity contribution in [2.75, 3.05) is 31.6 Å². The van der Waals surface area contributed by atoms with Crippen LogP contribution in [-0.2, 0) is 16.4 Å². The van der Waals surface area contributed by atoms with E-state index in [1.54, 1.807) is 24.3 Å². The normalized spacial score (nSPS) is 13.8. The summed E-state index contributed by atoms with van der Waals surface area (Å²) in [6, 6.07) is 22.0. The summed E-state index contributed by atoms with van der Waals surface area (Å²) in [6.07, 6.45) is 4.61. The zero-order chi connectivity index (χ0) is 24.8. The first-order chi connectivity index (χ1) is 16.8. The van der Waals surface area contributed by atoms with Gasteiger partial charge in [0.25, 0.3) is 5.91 Å². The topological polar surface area (TPSA) is 105 Å². The number of primary sulfonamides is 1. The Bertz CT molecular complexity index is 1360. The van der Waals surface area contributed by atoms with Crippen molar-refractivity contribution in [3.63, 3.8) is 0 Å². The zero-order valence-corrected chi connectivity index (χ0v) is 20.3. The molecule has 8 heteroatoms. The minimum Gasteiger partial charge on any atom is -0.372 e. The number of nitrogens with zero attached hydrogens (tertiary/aromatic N) is 2. The van der Waals surface area contributed by atoms with Gasteiger partial charge in [-0.1, -0.05) is 48.5 Å². The molecule has 7 nitrogen and oxygen atoms in total. The maximum Gasteiger partial charge on any atom is 0.251 e. The van der Waals surface area contributed by atoms with Crippen LogP contribution < -0.4 is 15.4 Å². The van der Waals surface area contributed by atoms with Crippen molar-refractivity contribution in [1.29, 1.82) is 0 Å². The van der Waals surface area contributed by atoms with Crippen LogP contribution in [-0.4, -0.2) is 46.7 Å². The molecule has 0 saturated carbocycles. The van der Waals surface area contributed by atoms with E-state index in [2.05, 4.69) is 29.4 Å². The van der Waals surface area contributed by atoms with E-state index in [4.69, 9.17) is 10.1 Å². The molecule has 0 fully saturated rings. The van der Waals surface area contributed by atoms with Gasteiger partial charge in [-0.05, 0) is 54.0 Å². The molecule has 3 N–H and O–H groups in total. The predicted molar refractivity (Wildman–Crippen MR) is 140 cm³/mol. The van der Waals surface area contributed by atoms with E-state index < -0.39 is 10.0 Å². The molecule has 4 rings (SSSR count). The lowest BCUT2D eigenvalue weighted by Crippen LogP contribution is -2.25. The monoisotopic (exact) mass is 488 g/mol. The van der Waals surface area contributed by atoms with Crippen LogP contribution in [0.2, 0.25) is 0 Å². The summed E-state index contributed by atoms with van der Waals surface area (Å²) < 4.78 is 22.7. The Balaban J connectivity index is 1.34. The number of hydrogen-bond donors (Lipinski definition) is 2. The Morgan fingerprint density at radius 3 is 2.46 bits per heavy atom. The fraction of sp³-hybridized carbons (Fsp3) is 0.185. The van der Waals surface area contributed by atoms with Gasteiger partial charge in [0, 0.05) is 37.0 Å². The molecule has 1 amide bonds. The number of carbonyl (C=O) groups excluding carboxylic acids is 1. The van der Waals surface area contributed by atoms with Crippen molar-refractivity contribution in [2.24, 2.45) is 10.1 Å². The van der Waals surface area contributed by atoms with E-state index in [0.29, 0.717) is 18.5 Å². The van der Waals surface area contributed by atoms with Gasteiger partial charge in [-0.15, -0.1) is 0 Å². The number of amides is 1. The Morgan fingerprint density at radius 2 is 1.74 bits per heavy atom. The largest absolute Gasteiger partial charge is 0.372 e. The lowest BCUT2D eigenvalue weighted by atomic mass is 10.0. The molecular formula is C27H28N4O3S. The van der Waals surface area contributed by atoms with E-state index >= 15 is 0 Å². The number of allylic oxidation sites excluding steroid dienone is 1. The van der Waals surface area contributed by atoms with Crippen molar-refractivity contribution in [3.05, 3.63) is 101 Å². The minimum absolute atomic E-state index is 0.0714. The Morgan fingerprint density at radius 1 is 1.03 bits per heavy atom. The molecule has 0 saturated heterocycles. The first-order valence-corrected chi connectivity index (χ1v) is 12.9. The minimum atomic E-state index is -3.70.